The van der Waals surface area contributed by atoms with Gasteiger partial charge < -0.3 is 14.5 Å². The van der Waals surface area contributed by atoms with Gasteiger partial charge in [0.15, 0.2) is 0 Å². The van der Waals surface area contributed by atoms with Crippen LogP contribution >= 0.6 is 11.8 Å². The van der Waals surface area contributed by atoms with Crippen molar-refractivity contribution in [3.63, 3.8) is 0 Å². The van der Waals surface area contributed by atoms with Crippen LogP contribution in [0.2, 0.25) is 0 Å². The first-order chi connectivity index (χ1) is 9.71. The van der Waals surface area contributed by atoms with E-state index in [1.807, 2.05) is 11.8 Å². The van der Waals surface area contributed by atoms with E-state index in [0.717, 1.165) is 37.4 Å². The minimum atomic E-state index is 0.151. The number of thioether (sulfide) groups is 1. The Morgan fingerprint density at radius 1 is 1.50 bits per heavy atom. The molecule has 1 aromatic rings. The standard InChI is InChI=1S/C16H25NO2S/c1-3-14-4-5-15(19-14)12(2)17-13-6-8-18-16(10-13)7-9-20-11-16/h4-5,12-13,17H,3,6-11H2,1-2H3/t12-,13+,16+/m0/s1. The van der Waals surface area contributed by atoms with Crippen molar-refractivity contribution in [1.29, 1.82) is 0 Å². The first-order valence-electron chi connectivity index (χ1n) is 7.77. The van der Waals surface area contributed by atoms with Crippen LogP contribution < -0.4 is 5.32 Å². The highest BCUT2D eigenvalue weighted by molar-refractivity contribution is 7.99. The summed E-state index contributed by atoms with van der Waals surface area (Å²) < 4.78 is 11.9. The second-order valence-corrected chi connectivity index (χ2v) is 7.17. The van der Waals surface area contributed by atoms with Gasteiger partial charge in [0.2, 0.25) is 0 Å². The van der Waals surface area contributed by atoms with E-state index in [1.165, 1.54) is 17.9 Å². The van der Waals surface area contributed by atoms with Crippen LogP contribution in [0.15, 0.2) is 16.5 Å². The molecule has 0 radical (unpaired) electrons. The van der Waals surface area contributed by atoms with Crippen molar-refractivity contribution in [3.05, 3.63) is 23.7 Å². The fourth-order valence-electron chi connectivity index (χ4n) is 3.29. The number of furan rings is 1. The molecule has 0 saturated carbocycles. The van der Waals surface area contributed by atoms with Crippen LogP contribution in [0, 0.1) is 0 Å². The van der Waals surface area contributed by atoms with E-state index in [2.05, 4.69) is 31.3 Å². The molecular formula is C16H25NO2S. The minimum absolute atomic E-state index is 0.151. The fourth-order valence-corrected chi connectivity index (χ4v) is 4.66. The second-order valence-electron chi connectivity index (χ2n) is 6.07. The molecule has 0 aromatic carbocycles. The third-order valence-corrected chi connectivity index (χ3v) is 5.73. The Bertz CT molecular complexity index is 439. The summed E-state index contributed by atoms with van der Waals surface area (Å²) in [4.78, 5) is 0. The molecule has 3 rings (SSSR count). The number of nitrogens with one attached hydrogen (secondary N) is 1. The number of ether oxygens (including phenoxy) is 1. The molecule has 0 aliphatic carbocycles. The maximum atomic E-state index is 6.08. The maximum absolute atomic E-state index is 6.08. The molecule has 2 aliphatic rings. The fraction of sp³-hybridized carbons (Fsp3) is 0.750. The molecule has 2 aliphatic heterocycles. The van der Waals surface area contributed by atoms with Crippen molar-refractivity contribution < 1.29 is 9.15 Å². The van der Waals surface area contributed by atoms with Gasteiger partial charge >= 0.3 is 0 Å². The highest BCUT2D eigenvalue weighted by Crippen LogP contribution is 2.38. The summed E-state index contributed by atoms with van der Waals surface area (Å²) in [6.45, 7) is 5.22. The molecule has 3 nitrogen and oxygen atoms in total. The Morgan fingerprint density at radius 3 is 3.10 bits per heavy atom. The molecule has 0 amide bonds. The molecule has 112 valence electrons. The zero-order chi connectivity index (χ0) is 14.0. The molecule has 1 spiro atoms. The summed E-state index contributed by atoms with van der Waals surface area (Å²) in [5.74, 6) is 4.55. The number of aryl methyl sites for hydroxylation is 1. The molecule has 3 atom stereocenters. The van der Waals surface area contributed by atoms with Gasteiger partial charge in [-0.15, -0.1) is 0 Å². The number of rotatable bonds is 4. The zero-order valence-corrected chi connectivity index (χ0v) is 13.3. The van der Waals surface area contributed by atoms with Crippen LogP contribution in [-0.2, 0) is 11.2 Å². The summed E-state index contributed by atoms with van der Waals surface area (Å²) in [5.41, 5.74) is 0.151. The van der Waals surface area contributed by atoms with E-state index < -0.39 is 0 Å². The second kappa shape index (κ2) is 6.12. The molecule has 1 aromatic heterocycles. The van der Waals surface area contributed by atoms with E-state index in [4.69, 9.17) is 9.15 Å². The average molecular weight is 295 g/mol. The number of hydrogen-bond acceptors (Lipinski definition) is 4. The Morgan fingerprint density at radius 2 is 2.40 bits per heavy atom. The lowest BCUT2D eigenvalue weighted by Crippen LogP contribution is -2.47. The van der Waals surface area contributed by atoms with Gasteiger partial charge in [-0.2, -0.15) is 11.8 Å². The van der Waals surface area contributed by atoms with Gasteiger partial charge in [-0.25, -0.2) is 0 Å². The van der Waals surface area contributed by atoms with Crippen LogP contribution in [-0.4, -0.2) is 29.8 Å². The van der Waals surface area contributed by atoms with Crippen LogP contribution in [0.1, 0.15) is 50.7 Å². The Kier molecular flexibility index (Phi) is 4.43. The summed E-state index contributed by atoms with van der Waals surface area (Å²) in [7, 11) is 0. The summed E-state index contributed by atoms with van der Waals surface area (Å²) in [6.07, 6.45) is 4.43. The topological polar surface area (TPSA) is 34.4 Å². The zero-order valence-electron chi connectivity index (χ0n) is 12.5. The van der Waals surface area contributed by atoms with Crippen molar-refractivity contribution in [2.24, 2.45) is 0 Å². The highest BCUT2D eigenvalue weighted by Gasteiger charge is 2.40. The minimum Gasteiger partial charge on any atom is -0.464 e. The van der Waals surface area contributed by atoms with Crippen LogP contribution in [0.4, 0.5) is 0 Å². The number of hydrogen-bond donors (Lipinski definition) is 1. The predicted molar refractivity (Wildman–Crippen MR) is 83.3 cm³/mol. The van der Waals surface area contributed by atoms with Gasteiger partial charge in [-0.1, -0.05) is 6.92 Å². The van der Waals surface area contributed by atoms with Gasteiger partial charge in [0.1, 0.15) is 11.5 Å². The lowest BCUT2D eigenvalue weighted by molar-refractivity contribution is -0.0714. The van der Waals surface area contributed by atoms with E-state index in [-0.39, 0.29) is 11.6 Å². The largest absolute Gasteiger partial charge is 0.464 e. The molecule has 20 heavy (non-hydrogen) atoms. The predicted octanol–water partition coefficient (Wildman–Crippen LogP) is 3.55. The normalized spacial score (nSPS) is 31.8. The van der Waals surface area contributed by atoms with E-state index >= 15 is 0 Å². The Hall–Kier alpha value is -0.450. The van der Waals surface area contributed by atoms with Crippen LogP contribution in [0.5, 0.6) is 0 Å². The quantitative estimate of drug-likeness (QED) is 0.921. The highest BCUT2D eigenvalue weighted by atomic mass is 32.2. The van der Waals surface area contributed by atoms with E-state index in [0.29, 0.717) is 6.04 Å². The molecule has 3 heterocycles. The molecule has 0 unspecified atom stereocenters. The van der Waals surface area contributed by atoms with Crippen molar-refractivity contribution in [1.82, 2.24) is 5.32 Å². The van der Waals surface area contributed by atoms with Crippen molar-refractivity contribution in [2.45, 2.75) is 57.2 Å². The summed E-state index contributed by atoms with van der Waals surface area (Å²) in [6, 6.07) is 5.03. The Labute approximate surface area is 125 Å². The van der Waals surface area contributed by atoms with Crippen molar-refractivity contribution >= 4 is 11.8 Å². The first-order valence-corrected chi connectivity index (χ1v) is 8.92. The summed E-state index contributed by atoms with van der Waals surface area (Å²) >= 11 is 2.03. The molecule has 2 fully saturated rings. The van der Waals surface area contributed by atoms with Crippen LogP contribution in [0.3, 0.4) is 0 Å². The first kappa shape index (κ1) is 14.5. The van der Waals surface area contributed by atoms with Gasteiger partial charge in [-0.05, 0) is 44.1 Å². The van der Waals surface area contributed by atoms with Gasteiger partial charge in [0.25, 0.3) is 0 Å². The smallest absolute Gasteiger partial charge is 0.120 e. The molecular weight excluding hydrogens is 270 g/mol. The molecule has 1 N–H and O–H groups in total. The monoisotopic (exact) mass is 295 g/mol. The van der Waals surface area contributed by atoms with E-state index in [1.54, 1.807) is 0 Å². The molecule has 4 heteroatoms. The molecule has 2 saturated heterocycles. The van der Waals surface area contributed by atoms with Gasteiger partial charge in [0.05, 0.1) is 11.6 Å². The Balaban J connectivity index is 1.59. The third-order valence-electron chi connectivity index (χ3n) is 4.50. The SMILES string of the molecule is CCc1ccc([C@H](C)N[C@@H]2CCO[C@]3(CCSC3)C2)o1. The summed E-state index contributed by atoms with van der Waals surface area (Å²) in [5, 5.41) is 3.74. The lowest BCUT2D eigenvalue weighted by Gasteiger charge is -2.39. The third kappa shape index (κ3) is 3.07. The van der Waals surface area contributed by atoms with Gasteiger partial charge in [-0.3, -0.25) is 0 Å². The van der Waals surface area contributed by atoms with Crippen molar-refractivity contribution in [2.75, 3.05) is 18.1 Å². The van der Waals surface area contributed by atoms with Crippen LogP contribution in [0.25, 0.3) is 0 Å². The lowest BCUT2D eigenvalue weighted by atomic mass is 9.89. The average Bonchev–Trinajstić information content (AvgIpc) is 3.08. The van der Waals surface area contributed by atoms with E-state index in [9.17, 15) is 0 Å². The maximum Gasteiger partial charge on any atom is 0.120 e. The molecule has 0 bridgehead atoms. The van der Waals surface area contributed by atoms with Crippen molar-refractivity contribution in [3.8, 4) is 0 Å². The van der Waals surface area contributed by atoms with Gasteiger partial charge in [0, 0.05) is 24.8 Å².